The molecule has 2 aromatic carbocycles. The Bertz CT molecular complexity index is 1640. The zero-order valence-electron chi connectivity index (χ0n) is 22.6. The highest BCUT2D eigenvalue weighted by molar-refractivity contribution is 7.91. The summed E-state index contributed by atoms with van der Waals surface area (Å²) in [7, 11) is -3.10. The van der Waals surface area contributed by atoms with Crippen LogP contribution in [-0.4, -0.2) is 49.4 Å². The minimum absolute atomic E-state index is 0.00395. The summed E-state index contributed by atoms with van der Waals surface area (Å²) < 4.78 is 58.3. The van der Waals surface area contributed by atoms with Crippen LogP contribution >= 0.6 is 0 Å². The maximum Gasteiger partial charge on any atom is 0.229 e. The van der Waals surface area contributed by atoms with Gasteiger partial charge in [0.25, 0.3) is 0 Å². The molecule has 0 bridgehead atoms. The van der Waals surface area contributed by atoms with Crippen molar-refractivity contribution in [3.63, 3.8) is 0 Å². The lowest BCUT2D eigenvalue weighted by atomic mass is 9.76. The molecule has 1 N–H and O–H groups in total. The molecule has 1 aliphatic heterocycles. The first-order chi connectivity index (χ1) is 19.6. The van der Waals surface area contributed by atoms with E-state index in [1.807, 2.05) is 29.2 Å². The molecule has 1 aromatic heterocycles. The molecular weight excluding hydrogens is 550 g/mol. The molecule has 3 aromatic rings. The molecule has 214 valence electrons. The van der Waals surface area contributed by atoms with Gasteiger partial charge in [-0.3, -0.25) is 4.79 Å². The minimum atomic E-state index is -3.10. The molecule has 11 heteroatoms. The van der Waals surface area contributed by atoms with Gasteiger partial charge >= 0.3 is 0 Å². The summed E-state index contributed by atoms with van der Waals surface area (Å²) in [5.41, 5.74) is 1.25. The van der Waals surface area contributed by atoms with Crippen LogP contribution in [0.15, 0.2) is 46.9 Å². The Balaban J connectivity index is 1.35. The first-order valence-electron chi connectivity index (χ1n) is 13.8. The number of aromatic nitrogens is 1. The van der Waals surface area contributed by atoms with E-state index in [-0.39, 0.29) is 28.5 Å². The molecule has 0 radical (unpaired) electrons. The Morgan fingerprint density at radius 2 is 1.83 bits per heavy atom. The van der Waals surface area contributed by atoms with E-state index in [0.29, 0.717) is 55.8 Å². The number of nitrogens with zero attached hydrogens (tertiary/aromatic N) is 3. The summed E-state index contributed by atoms with van der Waals surface area (Å²) in [5, 5.41) is 12.1. The second-order valence-corrected chi connectivity index (χ2v) is 13.8. The molecule has 2 aliphatic carbocycles. The second-order valence-electron chi connectivity index (χ2n) is 11.4. The van der Waals surface area contributed by atoms with Gasteiger partial charge in [-0.1, -0.05) is 25.0 Å². The van der Waals surface area contributed by atoms with Crippen LogP contribution in [0.4, 0.5) is 14.5 Å². The fraction of sp³-hybridized carbons (Fsp3) is 0.433. The molecule has 6 rings (SSSR count). The maximum absolute atomic E-state index is 14.8. The molecule has 2 atom stereocenters. The fourth-order valence-electron chi connectivity index (χ4n) is 5.79. The lowest BCUT2D eigenvalue weighted by Gasteiger charge is -2.39. The third-order valence-corrected chi connectivity index (χ3v) is 10.0. The van der Waals surface area contributed by atoms with Crippen LogP contribution in [0, 0.1) is 28.9 Å². The van der Waals surface area contributed by atoms with Gasteiger partial charge in [0.2, 0.25) is 11.8 Å². The zero-order valence-corrected chi connectivity index (χ0v) is 23.4. The van der Waals surface area contributed by atoms with Crippen LogP contribution in [-0.2, 0) is 14.6 Å². The molecule has 2 heterocycles. The summed E-state index contributed by atoms with van der Waals surface area (Å²) in [6.07, 6.45) is 5.50. The number of benzene rings is 2. The number of nitriles is 1. The first-order valence-corrected chi connectivity index (χ1v) is 15.8. The SMILES string of the molecule is CS(=O)(=O)C1CN(c2ccc(-c3nc(-c4ccc(F)cc4F)oc3[C@@H]3CCCC[C@H]3C(=O)NC3(C#N)CC3)cc2)C1. The molecule has 3 fully saturated rings. The monoisotopic (exact) mass is 580 g/mol. The smallest absolute Gasteiger partial charge is 0.229 e. The maximum atomic E-state index is 14.8. The van der Waals surface area contributed by atoms with E-state index in [9.17, 15) is 27.3 Å². The largest absolute Gasteiger partial charge is 0.440 e. The lowest BCUT2D eigenvalue weighted by Crippen LogP contribution is -2.54. The highest BCUT2D eigenvalue weighted by Gasteiger charge is 2.47. The van der Waals surface area contributed by atoms with Crippen molar-refractivity contribution < 1.29 is 26.4 Å². The summed E-state index contributed by atoms with van der Waals surface area (Å²) >= 11 is 0. The van der Waals surface area contributed by atoms with E-state index >= 15 is 0 Å². The van der Waals surface area contributed by atoms with Crippen molar-refractivity contribution in [3.05, 3.63) is 59.9 Å². The number of amides is 1. The molecule has 1 amide bonds. The zero-order chi connectivity index (χ0) is 28.9. The van der Waals surface area contributed by atoms with Gasteiger partial charge in [-0.2, -0.15) is 5.26 Å². The van der Waals surface area contributed by atoms with E-state index < -0.39 is 32.9 Å². The molecule has 41 heavy (non-hydrogen) atoms. The van der Waals surface area contributed by atoms with Gasteiger partial charge < -0.3 is 14.6 Å². The predicted molar refractivity (Wildman–Crippen MR) is 149 cm³/mol. The second kappa shape index (κ2) is 10.2. The van der Waals surface area contributed by atoms with Crippen LogP contribution < -0.4 is 10.2 Å². The summed E-state index contributed by atoms with van der Waals surface area (Å²) in [6, 6.07) is 12.9. The van der Waals surface area contributed by atoms with Crippen molar-refractivity contribution in [1.82, 2.24) is 10.3 Å². The predicted octanol–water partition coefficient (Wildman–Crippen LogP) is 4.97. The van der Waals surface area contributed by atoms with E-state index in [1.165, 1.54) is 12.3 Å². The highest BCUT2D eigenvalue weighted by Crippen LogP contribution is 2.45. The van der Waals surface area contributed by atoms with E-state index in [1.54, 1.807) is 0 Å². The number of carbonyl (C=O) groups excluding carboxylic acids is 1. The molecule has 8 nitrogen and oxygen atoms in total. The number of carbonyl (C=O) groups is 1. The van der Waals surface area contributed by atoms with Gasteiger partial charge in [0.05, 0.1) is 16.9 Å². The van der Waals surface area contributed by atoms with Gasteiger partial charge in [0.15, 0.2) is 9.84 Å². The average molecular weight is 581 g/mol. The Labute approximate surface area is 237 Å². The van der Waals surface area contributed by atoms with Gasteiger partial charge in [-0.25, -0.2) is 22.2 Å². The van der Waals surface area contributed by atoms with E-state index in [2.05, 4.69) is 16.4 Å². The molecule has 0 unspecified atom stereocenters. The number of hydrogen-bond donors (Lipinski definition) is 1. The van der Waals surface area contributed by atoms with Crippen molar-refractivity contribution in [3.8, 4) is 28.8 Å². The number of nitrogens with one attached hydrogen (secondary N) is 1. The molecule has 0 spiro atoms. The van der Waals surface area contributed by atoms with E-state index in [0.717, 1.165) is 30.7 Å². The van der Waals surface area contributed by atoms with Crippen LogP contribution in [0.3, 0.4) is 0 Å². The molecular formula is C30H30F2N4O4S. The van der Waals surface area contributed by atoms with Crippen LogP contribution in [0.25, 0.3) is 22.7 Å². The summed E-state index contributed by atoms with van der Waals surface area (Å²) in [4.78, 5) is 20.0. The van der Waals surface area contributed by atoms with Gasteiger partial charge in [-0.05, 0) is 49.9 Å². The van der Waals surface area contributed by atoms with Gasteiger partial charge in [0.1, 0.15) is 28.6 Å². The molecule has 3 aliphatic rings. The Kier molecular flexibility index (Phi) is 6.85. The van der Waals surface area contributed by atoms with Crippen LogP contribution in [0.1, 0.15) is 50.2 Å². The number of halogens is 2. The van der Waals surface area contributed by atoms with Crippen molar-refractivity contribution in [1.29, 1.82) is 5.26 Å². The number of oxazole rings is 1. The fourth-order valence-corrected chi connectivity index (χ4v) is 6.70. The van der Waals surface area contributed by atoms with Gasteiger partial charge in [0, 0.05) is 48.5 Å². The standard InChI is InChI=1S/C30H30F2N4O4S/c1-41(38,39)21-15-36(16-21)20-9-6-18(7-10-20)26-27(40-29(34-26)24-11-8-19(31)14-25(24)32)22-4-2-3-5-23(22)28(37)35-30(17-33)12-13-30/h6-11,14,21-23H,2-5,12-13,15-16H2,1H3,(H,35,37)/t22-,23-/m1/s1. The van der Waals surface area contributed by atoms with Crippen molar-refractivity contribution in [2.45, 2.75) is 55.2 Å². The third kappa shape index (κ3) is 5.33. The quantitative estimate of drug-likeness (QED) is 0.420. The van der Waals surface area contributed by atoms with Crippen molar-refractivity contribution >= 4 is 21.4 Å². The topological polar surface area (TPSA) is 116 Å². The first kappa shape index (κ1) is 27.4. The number of sulfone groups is 1. The van der Waals surface area contributed by atoms with Crippen LogP contribution in [0.5, 0.6) is 0 Å². The third-order valence-electron chi connectivity index (χ3n) is 8.54. The Morgan fingerprint density at radius 1 is 1.12 bits per heavy atom. The van der Waals surface area contributed by atoms with Crippen LogP contribution in [0.2, 0.25) is 0 Å². The minimum Gasteiger partial charge on any atom is -0.440 e. The Morgan fingerprint density at radius 3 is 2.46 bits per heavy atom. The van der Waals surface area contributed by atoms with Crippen molar-refractivity contribution in [2.24, 2.45) is 5.92 Å². The normalized spacial score (nSPS) is 22.0. The average Bonchev–Trinajstić information content (AvgIpc) is 3.55. The number of hydrogen-bond acceptors (Lipinski definition) is 7. The highest BCUT2D eigenvalue weighted by atomic mass is 32.2. The number of anilines is 1. The molecule has 2 saturated carbocycles. The summed E-state index contributed by atoms with van der Waals surface area (Å²) in [5.74, 6) is -2.05. The van der Waals surface area contributed by atoms with Crippen molar-refractivity contribution in [2.75, 3.05) is 24.2 Å². The Hall–Kier alpha value is -3.78. The summed E-state index contributed by atoms with van der Waals surface area (Å²) in [6.45, 7) is 0.842. The van der Waals surface area contributed by atoms with Gasteiger partial charge in [-0.15, -0.1) is 0 Å². The number of rotatable bonds is 7. The van der Waals surface area contributed by atoms with E-state index in [4.69, 9.17) is 4.42 Å². The lowest BCUT2D eigenvalue weighted by molar-refractivity contribution is -0.127. The molecule has 1 saturated heterocycles.